The number of thioether (sulfide) groups is 1. The lowest BCUT2D eigenvalue weighted by Crippen LogP contribution is -1.92. The van der Waals surface area contributed by atoms with E-state index >= 15 is 0 Å². The summed E-state index contributed by atoms with van der Waals surface area (Å²) >= 11 is 7.76. The summed E-state index contributed by atoms with van der Waals surface area (Å²) in [6, 6.07) is 18.5. The molecule has 114 valence electrons. The molecule has 2 aromatic carbocycles. The Morgan fingerprint density at radius 1 is 1.04 bits per heavy atom. The smallest absolute Gasteiger partial charge is 0.142 e. The quantitative estimate of drug-likeness (QED) is 0.432. The number of rotatable bonds is 2. The summed E-state index contributed by atoms with van der Waals surface area (Å²) in [6.45, 7) is 0. The van der Waals surface area contributed by atoms with Gasteiger partial charge < -0.3 is 4.57 Å². The molecule has 0 amide bonds. The van der Waals surface area contributed by atoms with E-state index in [-0.39, 0.29) is 0 Å². The SMILES string of the molecule is CSc1cc(-c2ccc(Cl)cc2)nc2c1c1ccccc1n2C. The molecule has 2 heterocycles. The van der Waals surface area contributed by atoms with Crippen LogP contribution in [0.3, 0.4) is 0 Å². The highest BCUT2D eigenvalue weighted by Gasteiger charge is 2.15. The zero-order valence-electron chi connectivity index (χ0n) is 12.9. The molecule has 4 rings (SSSR count). The number of fused-ring (bicyclic) bond motifs is 3. The van der Waals surface area contributed by atoms with Crippen LogP contribution in [0.4, 0.5) is 0 Å². The van der Waals surface area contributed by atoms with Gasteiger partial charge in [0.1, 0.15) is 5.65 Å². The van der Waals surface area contributed by atoms with Crippen LogP contribution in [-0.2, 0) is 7.05 Å². The van der Waals surface area contributed by atoms with Gasteiger partial charge in [-0.05, 0) is 30.5 Å². The largest absolute Gasteiger partial charge is 0.328 e. The van der Waals surface area contributed by atoms with Crippen molar-refractivity contribution in [3.8, 4) is 11.3 Å². The minimum atomic E-state index is 0.740. The van der Waals surface area contributed by atoms with Gasteiger partial charge in [0.2, 0.25) is 0 Å². The molecule has 0 aliphatic carbocycles. The highest BCUT2D eigenvalue weighted by Crippen LogP contribution is 2.36. The molecule has 0 aliphatic rings. The van der Waals surface area contributed by atoms with Crippen molar-refractivity contribution in [2.24, 2.45) is 7.05 Å². The number of nitrogens with zero attached hydrogens (tertiary/aromatic N) is 2. The van der Waals surface area contributed by atoms with E-state index in [0.717, 1.165) is 21.9 Å². The minimum Gasteiger partial charge on any atom is -0.328 e. The summed E-state index contributed by atoms with van der Waals surface area (Å²) in [6.07, 6.45) is 2.11. The molecule has 0 saturated heterocycles. The maximum absolute atomic E-state index is 6.00. The molecule has 0 N–H and O–H groups in total. The Bertz CT molecular complexity index is 1020. The molecular weight excluding hydrogens is 324 g/mol. The standard InChI is InChI=1S/C19H15ClN2S/c1-22-16-6-4-3-5-14(16)18-17(23-2)11-15(21-19(18)22)12-7-9-13(20)10-8-12/h3-11H,1-2H3. The van der Waals surface area contributed by atoms with Crippen LogP contribution in [0.15, 0.2) is 59.5 Å². The first kappa shape index (κ1) is 14.6. The molecule has 2 nitrogen and oxygen atoms in total. The fraction of sp³-hybridized carbons (Fsp3) is 0.105. The summed E-state index contributed by atoms with van der Waals surface area (Å²) in [4.78, 5) is 6.17. The molecule has 0 spiro atoms. The molecular formula is C19H15ClN2S. The van der Waals surface area contributed by atoms with Crippen LogP contribution in [-0.4, -0.2) is 15.8 Å². The average molecular weight is 339 g/mol. The first-order valence-corrected chi connectivity index (χ1v) is 8.97. The van der Waals surface area contributed by atoms with Crippen LogP contribution in [0.25, 0.3) is 33.2 Å². The van der Waals surface area contributed by atoms with Gasteiger partial charge >= 0.3 is 0 Å². The summed E-state index contributed by atoms with van der Waals surface area (Å²) in [5, 5.41) is 3.22. The lowest BCUT2D eigenvalue weighted by molar-refractivity contribution is 0.989. The molecule has 0 saturated carbocycles. The van der Waals surface area contributed by atoms with Crippen molar-refractivity contribution in [3.05, 3.63) is 59.6 Å². The Labute approximate surface area is 144 Å². The Kier molecular flexibility index (Phi) is 3.55. The van der Waals surface area contributed by atoms with Gasteiger partial charge in [-0.25, -0.2) is 4.98 Å². The summed E-state index contributed by atoms with van der Waals surface area (Å²) < 4.78 is 2.17. The molecule has 2 aromatic heterocycles. The van der Waals surface area contributed by atoms with E-state index in [2.05, 4.69) is 48.2 Å². The molecule has 0 atom stereocenters. The van der Waals surface area contributed by atoms with E-state index in [1.54, 1.807) is 11.8 Å². The number of halogens is 1. The lowest BCUT2D eigenvalue weighted by atomic mass is 10.1. The summed E-state index contributed by atoms with van der Waals surface area (Å²) in [5.74, 6) is 0. The topological polar surface area (TPSA) is 17.8 Å². The van der Waals surface area contributed by atoms with E-state index in [4.69, 9.17) is 16.6 Å². The summed E-state index contributed by atoms with van der Waals surface area (Å²) in [7, 11) is 2.08. The van der Waals surface area contributed by atoms with Crippen molar-refractivity contribution >= 4 is 45.3 Å². The van der Waals surface area contributed by atoms with Gasteiger partial charge in [0.25, 0.3) is 0 Å². The van der Waals surface area contributed by atoms with Gasteiger partial charge in [0.15, 0.2) is 0 Å². The van der Waals surface area contributed by atoms with Crippen LogP contribution in [0.5, 0.6) is 0 Å². The first-order chi connectivity index (χ1) is 11.2. The third-order valence-corrected chi connectivity index (χ3v) is 5.19. The van der Waals surface area contributed by atoms with Crippen molar-refractivity contribution in [1.29, 1.82) is 0 Å². The number of para-hydroxylation sites is 1. The number of aromatic nitrogens is 2. The Balaban J connectivity index is 2.08. The minimum absolute atomic E-state index is 0.740. The van der Waals surface area contributed by atoms with E-state index in [1.165, 1.54) is 21.2 Å². The van der Waals surface area contributed by atoms with E-state index in [9.17, 15) is 0 Å². The zero-order valence-corrected chi connectivity index (χ0v) is 14.4. The molecule has 4 aromatic rings. The van der Waals surface area contributed by atoms with Crippen molar-refractivity contribution in [3.63, 3.8) is 0 Å². The molecule has 0 aliphatic heterocycles. The Morgan fingerprint density at radius 2 is 1.78 bits per heavy atom. The van der Waals surface area contributed by atoms with Gasteiger partial charge in [-0.2, -0.15) is 0 Å². The normalized spacial score (nSPS) is 11.4. The van der Waals surface area contributed by atoms with Crippen LogP contribution in [0, 0.1) is 0 Å². The lowest BCUT2D eigenvalue weighted by Gasteiger charge is -2.07. The van der Waals surface area contributed by atoms with Crippen molar-refractivity contribution in [1.82, 2.24) is 9.55 Å². The number of hydrogen-bond acceptors (Lipinski definition) is 2. The van der Waals surface area contributed by atoms with Crippen LogP contribution in [0.2, 0.25) is 5.02 Å². The van der Waals surface area contributed by atoms with Gasteiger partial charge in [-0.1, -0.05) is 41.9 Å². The predicted octanol–water partition coefficient (Wildman–Crippen LogP) is 5.77. The number of pyridine rings is 1. The van der Waals surface area contributed by atoms with E-state index < -0.39 is 0 Å². The average Bonchev–Trinajstić information content (AvgIpc) is 2.88. The highest BCUT2D eigenvalue weighted by molar-refractivity contribution is 7.98. The van der Waals surface area contributed by atoms with E-state index in [0.29, 0.717) is 0 Å². The number of hydrogen-bond donors (Lipinski definition) is 0. The third kappa shape index (κ3) is 2.32. The Hall–Kier alpha value is -1.97. The third-order valence-electron chi connectivity index (χ3n) is 4.18. The number of benzene rings is 2. The van der Waals surface area contributed by atoms with E-state index in [1.807, 2.05) is 24.3 Å². The van der Waals surface area contributed by atoms with Crippen molar-refractivity contribution < 1.29 is 0 Å². The first-order valence-electron chi connectivity index (χ1n) is 7.37. The van der Waals surface area contributed by atoms with Crippen LogP contribution in [0.1, 0.15) is 0 Å². The highest BCUT2D eigenvalue weighted by atomic mass is 35.5. The Morgan fingerprint density at radius 3 is 2.52 bits per heavy atom. The molecule has 0 unspecified atom stereocenters. The monoisotopic (exact) mass is 338 g/mol. The second-order valence-electron chi connectivity index (χ2n) is 5.49. The number of aryl methyl sites for hydroxylation is 1. The van der Waals surface area contributed by atoms with Crippen LogP contribution < -0.4 is 0 Å². The molecule has 0 bridgehead atoms. The maximum atomic E-state index is 6.00. The van der Waals surface area contributed by atoms with Gasteiger partial charge in [0.05, 0.1) is 11.2 Å². The fourth-order valence-electron chi connectivity index (χ4n) is 3.03. The molecule has 23 heavy (non-hydrogen) atoms. The van der Waals surface area contributed by atoms with Crippen molar-refractivity contribution in [2.45, 2.75) is 4.90 Å². The second kappa shape index (κ2) is 5.59. The molecule has 0 radical (unpaired) electrons. The van der Waals surface area contributed by atoms with Crippen molar-refractivity contribution in [2.75, 3.05) is 6.26 Å². The van der Waals surface area contributed by atoms with Crippen LogP contribution >= 0.6 is 23.4 Å². The predicted molar refractivity (Wildman–Crippen MR) is 100 cm³/mol. The van der Waals surface area contributed by atoms with Gasteiger partial charge in [-0.3, -0.25) is 0 Å². The van der Waals surface area contributed by atoms with Gasteiger partial charge in [0, 0.05) is 33.3 Å². The molecule has 0 fully saturated rings. The molecule has 4 heteroatoms. The summed E-state index contributed by atoms with van der Waals surface area (Å²) in [5.41, 5.74) is 4.28. The zero-order chi connectivity index (χ0) is 16.0. The van der Waals surface area contributed by atoms with Gasteiger partial charge in [-0.15, -0.1) is 11.8 Å². The second-order valence-corrected chi connectivity index (χ2v) is 6.78. The maximum Gasteiger partial charge on any atom is 0.142 e. The fourth-order valence-corrected chi connectivity index (χ4v) is 3.79.